The van der Waals surface area contributed by atoms with E-state index in [0.29, 0.717) is 5.89 Å². The molecule has 1 fully saturated rings. The molecule has 1 aliphatic rings. The maximum absolute atomic E-state index is 12.3. The fourth-order valence-electron chi connectivity index (χ4n) is 2.20. The largest absolute Gasteiger partial charge is 0.337 e. The topological polar surface area (TPSA) is 71.3 Å². The van der Waals surface area contributed by atoms with Crippen LogP contribution in [-0.4, -0.2) is 52.6 Å². The summed E-state index contributed by atoms with van der Waals surface area (Å²) in [6, 6.07) is 0.268. The van der Waals surface area contributed by atoms with Crippen molar-refractivity contribution < 1.29 is 9.32 Å². The summed E-state index contributed by atoms with van der Waals surface area (Å²) in [6.45, 7) is 3.00. The van der Waals surface area contributed by atoms with E-state index in [4.69, 9.17) is 4.52 Å². The first-order valence-electron chi connectivity index (χ1n) is 6.96. The van der Waals surface area contributed by atoms with Crippen LogP contribution in [0.1, 0.15) is 48.7 Å². The van der Waals surface area contributed by atoms with E-state index in [1.165, 1.54) is 0 Å². The smallest absolute Gasteiger partial charge is 0.295 e. The van der Waals surface area contributed by atoms with E-state index >= 15 is 0 Å². The molecule has 0 aromatic carbocycles. The first kappa shape index (κ1) is 15.3. The first-order valence-corrected chi connectivity index (χ1v) is 8.36. The first-order chi connectivity index (χ1) is 9.63. The molecule has 0 aliphatic carbocycles. The predicted molar refractivity (Wildman–Crippen MR) is 78.8 cm³/mol. The standard InChI is InChI=1S/C13H22N4O2S/c1-9(6-8-20-3)17(2)13(18)11-15-12(19-16-11)10-5-4-7-14-10/h9-10,14H,4-8H2,1-3H3. The highest BCUT2D eigenvalue weighted by molar-refractivity contribution is 7.98. The van der Waals surface area contributed by atoms with Crippen LogP contribution in [0.3, 0.4) is 0 Å². The van der Waals surface area contributed by atoms with Gasteiger partial charge in [0.2, 0.25) is 5.89 Å². The average molecular weight is 298 g/mol. The fraction of sp³-hybridized carbons (Fsp3) is 0.769. The number of amides is 1. The van der Waals surface area contributed by atoms with Crippen molar-refractivity contribution >= 4 is 17.7 Å². The summed E-state index contributed by atoms with van der Waals surface area (Å²) in [4.78, 5) is 18.2. The van der Waals surface area contributed by atoms with Gasteiger partial charge < -0.3 is 14.7 Å². The average Bonchev–Trinajstić information content (AvgIpc) is 3.12. The summed E-state index contributed by atoms with van der Waals surface area (Å²) < 4.78 is 5.21. The molecule has 1 N–H and O–H groups in total. The van der Waals surface area contributed by atoms with Gasteiger partial charge in [0.15, 0.2) is 0 Å². The molecule has 0 radical (unpaired) electrons. The van der Waals surface area contributed by atoms with Crippen LogP contribution in [0, 0.1) is 0 Å². The van der Waals surface area contributed by atoms with Gasteiger partial charge in [0.25, 0.3) is 11.7 Å². The molecule has 0 saturated carbocycles. The minimum absolute atomic E-state index is 0.100. The highest BCUT2D eigenvalue weighted by Gasteiger charge is 2.26. The molecular formula is C13H22N4O2S. The molecule has 7 heteroatoms. The molecule has 1 aromatic rings. The van der Waals surface area contributed by atoms with Crippen molar-refractivity contribution in [1.82, 2.24) is 20.4 Å². The van der Waals surface area contributed by atoms with Crippen LogP contribution in [0.5, 0.6) is 0 Å². The lowest BCUT2D eigenvalue weighted by molar-refractivity contribution is 0.0725. The van der Waals surface area contributed by atoms with Gasteiger partial charge in [-0.3, -0.25) is 4.79 Å². The van der Waals surface area contributed by atoms with Gasteiger partial charge in [-0.15, -0.1) is 0 Å². The third-order valence-corrected chi connectivity index (χ3v) is 4.36. The van der Waals surface area contributed by atoms with Crippen LogP contribution in [0.4, 0.5) is 0 Å². The Morgan fingerprint density at radius 3 is 3.10 bits per heavy atom. The molecular weight excluding hydrogens is 276 g/mol. The van der Waals surface area contributed by atoms with Gasteiger partial charge in [0, 0.05) is 13.1 Å². The van der Waals surface area contributed by atoms with E-state index < -0.39 is 0 Å². The summed E-state index contributed by atoms with van der Waals surface area (Å²) in [5, 5.41) is 7.10. The molecule has 2 unspecified atom stereocenters. The lowest BCUT2D eigenvalue weighted by Crippen LogP contribution is -2.36. The van der Waals surface area contributed by atoms with E-state index in [-0.39, 0.29) is 23.8 Å². The van der Waals surface area contributed by atoms with Crippen molar-refractivity contribution in [2.24, 2.45) is 0 Å². The molecule has 112 valence electrons. The Morgan fingerprint density at radius 2 is 2.45 bits per heavy atom. The number of carbonyl (C=O) groups excluding carboxylic acids is 1. The lowest BCUT2D eigenvalue weighted by Gasteiger charge is -2.23. The van der Waals surface area contributed by atoms with Crippen molar-refractivity contribution in [3.63, 3.8) is 0 Å². The molecule has 1 saturated heterocycles. The lowest BCUT2D eigenvalue weighted by atomic mass is 10.2. The molecule has 1 aromatic heterocycles. The van der Waals surface area contributed by atoms with E-state index in [0.717, 1.165) is 31.6 Å². The van der Waals surface area contributed by atoms with Crippen LogP contribution >= 0.6 is 11.8 Å². The summed E-state index contributed by atoms with van der Waals surface area (Å²) in [5.74, 6) is 1.54. The highest BCUT2D eigenvalue weighted by Crippen LogP contribution is 2.21. The second kappa shape index (κ2) is 7.08. The van der Waals surface area contributed by atoms with Crippen molar-refractivity contribution in [3.05, 3.63) is 11.7 Å². The van der Waals surface area contributed by atoms with Crippen molar-refractivity contribution in [2.45, 2.75) is 38.3 Å². The minimum atomic E-state index is -0.174. The van der Waals surface area contributed by atoms with E-state index in [1.807, 2.05) is 6.92 Å². The second-order valence-corrected chi connectivity index (χ2v) is 6.14. The number of carbonyl (C=O) groups is 1. The van der Waals surface area contributed by atoms with Gasteiger partial charge in [0.05, 0.1) is 6.04 Å². The normalized spacial score (nSPS) is 20.1. The van der Waals surface area contributed by atoms with Crippen LogP contribution in [0.2, 0.25) is 0 Å². The molecule has 1 aliphatic heterocycles. The van der Waals surface area contributed by atoms with Crippen LogP contribution in [0.15, 0.2) is 4.52 Å². The van der Waals surface area contributed by atoms with Gasteiger partial charge in [0.1, 0.15) is 0 Å². The summed E-state index contributed by atoms with van der Waals surface area (Å²) in [6.07, 6.45) is 5.10. The number of hydrogen-bond donors (Lipinski definition) is 1. The Labute approximate surface area is 123 Å². The molecule has 2 rings (SSSR count). The Hall–Kier alpha value is -1.08. The minimum Gasteiger partial charge on any atom is -0.337 e. The Bertz CT molecular complexity index is 445. The van der Waals surface area contributed by atoms with Crippen molar-refractivity contribution in [3.8, 4) is 0 Å². The zero-order chi connectivity index (χ0) is 14.5. The van der Waals surface area contributed by atoms with Crippen LogP contribution in [-0.2, 0) is 0 Å². The number of hydrogen-bond acceptors (Lipinski definition) is 6. The van der Waals surface area contributed by atoms with E-state index in [1.54, 1.807) is 23.7 Å². The Kier molecular flexibility index (Phi) is 5.42. The summed E-state index contributed by atoms with van der Waals surface area (Å²) in [5.41, 5.74) is 0. The third kappa shape index (κ3) is 3.52. The monoisotopic (exact) mass is 298 g/mol. The molecule has 0 spiro atoms. The van der Waals surface area contributed by atoms with E-state index in [2.05, 4.69) is 21.7 Å². The van der Waals surface area contributed by atoms with Gasteiger partial charge in [-0.2, -0.15) is 16.7 Å². The van der Waals surface area contributed by atoms with Crippen LogP contribution < -0.4 is 5.32 Å². The second-order valence-electron chi connectivity index (χ2n) is 5.15. The number of rotatable bonds is 6. The molecule has 1 amide bonds. The van der Waals surface area contributed by atoms with Crippen LogP contribution in [0.25, 0.3) is 0 Å². The Morgan fingerprint density at radius 1 is 1.65 bits per heavy atom. The molecule has 2 atom stereocenters. The fourth-order valence-corrected chi connectivity index (χ4v) is 2.78. The maximum atomic E-state index is 12.3. The van der Waals surface area contributed by atoms with Gasteiger partial charge in [-0.05, 0) is 44.7 Å². The maximum Gasteiger partial charge on any atom is 0.295 e. The summed E-state index contributed by atoms with van der Waals surface area (Å²) >= 11 is 1.78. The van der Waals surface area contributed by atoms with Crippen molar-refractivity contribution in [2.75, 3.05) is 25.6 Å². The number of thioether (sulfide) groups is 1. The molecule has 20 heavy (non-hydrogen) atoms. The predicted octanol–water partition coefficient (Wildman–Crippen LogP) is 1.71. The van der Waals surface area contributed by atoms with Gasteiger partial charge in [-0.25, -0.2) is 0 Å². The van der Waals surface area contributed by atoms with Gasteiger partial charge in [-0.1, -0.05) is 5.16 Å². The summed E-state index contributed by atoms with van der Waals surface area (Å²) in [7, 11) is 1.79. The quantitative estimate of drug-likeness (QED) is 0.862. The molecule has 2 heterocycles. The highest BCUT2D eigenvalue weighted by atomic mass is 32.2. The van der Waals surface area contributed by atoms with Gasteiger partial charge >= 0.3 is 0 Å². The molecule has 0 bridgehead atoms. The number of nitrogens with one attached hydrogen (secondary N) is 1. The molecule has 6 nitrogen and oxygen atoms in total. The zero-order valence-corrected chi connectivity index (χ0v) is 13.1. The third-order valence-electron chi connectivity index (χ3n) is 3.71. The Balaban J connectivity index is 1.97. The SMILES string of the molecule is CSCCC(C)N(C)C(=O)c1noc(C2CCCN2)n1. The van der Waals surface area contributed by atoms with Crippen molar-refractivity contribution in [1.29, 1.82) is 0 Å². The van der Waals surface area contributed by atoms with E-state index in [9.17, 15) is 4.79 Å². The number of nitrogens with zero attached hydrogens (tertiary/aromatic N) is 3. The zero-order valence-electron chi connectivity index (χ0n) is 12.3. The number of aromatic nitrogens is 2.